The molecule has 0 radical (unpaired) electrons. The molecule has 0 saturated carbocycles. The molecule has 9 nitrogen and oxygen atoms in total. The molecular weight excluding hydrogens is 542 g/mol. The lowest BCUT2D eigenvalue weighted by Crippen LogP contribution is -2.51. The van der Waals surface area contributed by atoms with Crippen LogP contribution < -0.4 is 19.1 Å². The Balaban J connectivity index is 2.06. The van der Waals surface area contributed by atoms with E-state index in [-0.39, 0.29) is 23.0 Å². The standard InChI is InChI=1S/C31H39N3O6S/c1-6-7-19-32-31(36)24(3)33(21-25-14-12-11-13-23(25)2)30(35)22-34(41(37,38)27-15-9-8-10-16-27)26-17-18-28(39-4)29(20-26)40-5/h8-18,20,24H,6-7,19,21-22H2,1-5H3,(H,32,36). The van der Waals surface area contributed by atoms with Crippen LogP contribution in [0.1, 0.15) is 37.8 Å². The van der Waals surface area contributed by atoms with Gasteiger partial charge in [-0.25, -0.2) is 8.42 Å². The van der Waals surface area contributed by atoms with E-state index in [4.69, 9.17) is 9.47 Å². The molecule has 3 rings (SSSR count). The number of sulfonamides is 1. The summed E-state index contributed by atoms with van der Waals surface area (Å²) in [4.78, 5) is 28.6. The van der Waals surface area contributed by atoms with Crippen LogP contribution in [0.3, 0.4) is 0 Å². The number of carbonyl (C=O) groups excluding carboxylic acids is 2. The van der Waals surface area contributed by atoms with Gasteiger partial charge in [-0.2, -0.15) is 0 Å². The highest BCUT2D eigenvalue weighted by Crippen LogP contribution is 2.34. The van der Waals surface area contributed by atoms with Crippen LogP contribution >= 0.6 is 0 Å². The number of unbranched alkanes of at least 4 members (excludes halogenated alkanes) is 1. The Labute approximate surface area is 243 Å². The first-order chi connectivity index (χ1) is 19.6. The van der Waals surface area contributed by atoms with Crippen LogP contribution in [-0.4, -0.2) is 58.5 Å². The molecule has 0 bridgehead atoms. The molecule has 0 aromatic heterocycles. The number of benzene rings is 3. The molecule has 2 amide bonds. The first-order valence-electron chi connectivity index (χ1n) is 13.6. The zero-order valence-electron chi connectivity index (χ0n) is 24.3. The van der Waals surface area contributed by atoms with E-state index in [0.29, 0.717) is 18.0 Å². The van der Waals surface area contributed by atoms with Crippen molar-refractivity contribution in [3.05, 3.63) is 83.9 Å². The van der Waals surface area contributed by atoms with E-state index in [9.17, 15) is 18.0 Å². The van der Waals surface area contributed by atoms with Crippen molar-refractivity contribution >= 4 is 27.5 Å². The minimum atomic E-state index is -4.18. The predicted molar refractivity (Wildman–Crippen MR) is 160 cm³/mol. The highest BCUT2D eigenvalue weighted by Gasteiger charge is 2.33. The number of aryl methyl sites for hydroxylation is 1. The molecule has 0 aliphatic carbocycles. The molecule has 0 aliphatic rings. The summed E-state index contributed by atoms with van der Waals surface area (Å²) in [5, 5.41) is 2.89. The van der Waals surface area contributed by atoms with Gasteiger partial charge in [0, 0.05) is 19.2 Å². The van der Waals surface area contributed by atoms with Gasteiger partial charge in [-0.15, -0.1) is 0 Å². The molecule has 3 aromatic rings. The average molecular weight is 582 g/mol. The highest BCUT2D eigenvalue weighted by atomic mass is 32.2. The lowest BCUT2D eigenvalue weighted by Gasteiger charge is -2.32. The topological polar surface area (TPSA) is 105 Å². The minimum Gasteiger partial charge on any atom is -0.493 e. The monoisotopic (exact) mass is 581 g/mol. The third kappa shape index (κ3) is 7.79. The smallest absolute Gasteiger partial charge is 0.264 e. The molecular formula is C31H39N3O6S. The van der Waals surface area contributed by atoms with Gasteiger partial charge in [0.2, 0.25) is 11.8 Å². The second kappa shape index (κ2) is 14.5. The van der Waals surface area contributed by atoms with E-state index >= 15 is 0 Å². The predicted octanol–water partition coefficient (Wildman–Crippen LogP) is 4.54. The number of carbonyl (C=O) groups is 2. The van der Waals surface area contributed by atoms with Crippen molar-refractivity contribution in [2.75, 3.05) is 31.6 Å². The number of nitrogens with zero attached hydrogens (tertiary/aromatic N) is 2. The van der Waals surface area contributed by atoms with Crippen LogP contribution in [0.2, 0.25) is 0 Å². The molecule has 0 aliphatic heterocycles. The number of anilines is 1. The lowest BCUT2D eigenvalue weighted by atomic mass is 10.1. The van der Waals surface area contributed by atoms with E-state index in [2.05, 4.69) is 5.32 Å². The molecule has 1 unspecified atom stereocenters. The summed E-state index contributed by atoms with van der Waals surface area (Å²) in [7, 11) is -1.25. The van der Waals surface area contributed by atoms with Crippen LogP contribution in [0, 0.1) is 6.92 Å². The van der Waals surface area contributed by atoms with Crippen LogP contribution in [0.4, 0.5) is 5.69 Å². The van der Waals surface area contributed by atoms with Crippen LogP contribution in [0.15, 0.2) is 77.7 Å². The van der Waals surface area contributed by atoms with E-state index in [1.807, 2.05) is 38.1 Å². The number of hydrogen-bond donors (Lipinski definition) is 1. The summed E-state index contributed by atoms with van der Waals surface area (Å²) >= 11 is 0. The normalized spacial score (nSPS) is 11.8. The number of nitrogens with one attached hydrogen (secondary N) is 1. The number of hydrogen-bond acceptors (Lipinski definition) is 6. The van der Waals surface area contributed by atoms with Crippen molar-refractivity contribution in [3.8, 4) is 11.5 Å². The number of methoxy groups -OCH3 is 2. The second-order valence-corrected chi connectivity index (χ2v) is 11.5. The first kappa shape index (κ1) is 31.5. The van der Waals surface area contributed by atoms with Gasteiger partial charge in [0.15, 0.2) is 11.5 Å². The maximum Gasteiger partial charge on any atom is 0.264 e. The molecule has 1 N–H and O–H groups in total. The Hall–Kier alpha value is -4.05. The lowest BCUT2D eigenvalue weighted by molar-refractivity contribution is -0.139. The molecule has 41 heavy (non-hydrogen) atoms. The van der Waals surface area contributed by atoms with Gasteiger partial charge < -0.3 is 19.7 Å². The fraction of sp³-hybridized carbons (Fsp3) is 0.355. The SMILES string of the molecule is CCCCNC(=O)C(C)N(Cc1ccccc1C)C(=O)CN(c1ccc(OC)c(OC)c1)S(=O)(=O)c1ccccc1. The summed E-state index contributed by atoms with van der Waals surface area (Å²) < 4.78 is 39.7. The summed E-state index contributed by atoms with van der Waals surface area (Å²) in [5.74, 6) is -0.103. The van der Waals surface area contributed by atoms with Gasteiger partial charge in [-0.1, -0.05) is 55.8 Å². The van der Waals surface area contributed by atoms with Gasteiger partial charge in [0.1, 0.15) is 12.6 Å². The summed E-state index contributed by atoms with van der Waals surface area (Å²) in [6, 6.07) is 19.3. The van der Waals surface area contributed by atoms with E-state index < -0.39 is 28.5 Å². The largest absolute Gasteiger partial charge is 0.493 e. The van der Waals surface area contributed by atoms with Crippen molar-refractivity contribution in [2.24, 2.45) is 0 Å². The Morgan fingerprint density at radius 3 is 2.22 bits per heavy atom. The Kier molecular flexibility index (Phi) is 11.2. The molecule has 0 heterocycles. The molecule has 220 valence electrons. The van der Waals surface area contributed by atoms with Gasteiger partial charge >= 0.3 is 0 Å². The second-order valence-electron chi connectivity index (χ2n) is 9.63. The van der Waals surface area contributed by atoms with Crippen LogP contribution in [0.5, 0.6) is 11.5 Å². The van der Waals surface area contributed by atoms with Gasteiger partial charge in [0.25, 0.3) is 10.0 Å². The summed E-state index contributed by atoms with van der Waals surface area (Å²) in [5.41, 5.74) is 2.03. The number of amides is 2. The van der Waals surface area contributed by atoms with Gasteiger partial charge in [-0.05, 0) is 55.7 Å². The quantitative estimate of drug-likeness (QED) is 0.280. The van der Waals surface area contributed by atoms with Crippen LogP contribution in [0.25, 0.3) is 0 Å². The molecule has 0 saturated heterocycles. The third-order valence-corrected chi connectivity index (χ3v) is 8.65. The van der Waals surface area contributed by atoms with E-state index in [1.54, 1.807) is 37.3 Å². The molecule has 0 fully saturated rings. The van der Waals surface area contributed by atoms with E-state index in [1.165, 1.54) is 37.3 Å². The summed E-state index contributed by atoms with van der Waals surface area (Å²) in [6.07, 6.45) is 1.73. The fourth-order valence-corrected chi connectivity index (χ4v) is 5.75. The molecule has 0 spiro atoms. The van der Waals surface area contributed by atoms with Gasteiger partial charge in [-0.3, -0.25) is 13.9 Å². The zero-order valence-corrected chi connectivity index (χ0v) is 25.1. The highest BCUT2D eigenvalue weighted by molar-refractivity contribution is 7.92. The number of rotatable bonds is 14. The molecule has 10 heteroatoms. The first-order valence-corrected chi connectivity index (χ1v) is 15.0. The Bertz CT molecular complexity index is 1430. The van der Waals surface area contributed by atoms with Crippen molar-refractivity contribution < 1.29 is 27.5 Å². The molecule has 3 aromatic carbocycles. The van der Waals surface area contributed by atoms with Crippen molar-refractivity contribution in [2.45, 2.75) is 51.1 Å². The number of ether oxygens (including phenoxy) is 2. The third-order valence-electron chi connectivity index (χ3n) is 6.86. The Morgan fingerprint density at radius 2 is 1.59 bits per heavy atom. The fourth-order valence-electron chi connectivity index (χ4n) is 4.32. The Morgan fingerprint density at radius 1 is 0.927 bits per heavy atom. The molecule has 1 atom stereocenters. The van der Waals surface area contributed by atoms with Crippen LogP contribution in [-0.2, 0) is 26.2 Å². The van der Waals surface area contributed by atoms with Crippen molar-refractivity contribution in [1.82, 2.24) is 10.2 Å². The van der Waals surface area contributed by atoms with Crippen molar-refractivity contribution in [1.29, 1.82) is 0 Å². The van der Waals surface area contributed by atoms with Crippen molar-refractivity contribution in [3.63, 3.8) is 0 Å². The minimum absolute atomic E-state index is 0.0263. The van der Waals surface area contributed by atoms with Gasteiger partial charge in [0.05, 0.1) is 24.8 Å². The summed E-state index contributed by atoms with van der Waals surface area (Å²) in [6.45, 7) is 5.71. The van der Waals surface area contributed by atoms with E-state index in [0.717, 1.165) is 28.3 Å². The maximum atomic E-state index is 14.1. The average Bonchev–Trinajstić information content (AvgIpc) is 2.99. The zero-order chi connectivity index (χ0) is 30.0. The maximum absolute atomic E-state index is 14.1.